The molecule has 1 aliphatic heterocycles. The van der Waals surface area contributed by atoms with Gasteiger partial charge in [-0.2, -0.15) is 8.42 Å². The molecular formula is C13H26N4O6S. The highest BCUT2D eigenvalue weighted by Gasteiger charge is 2.20. The predicted molar refractivity (Wildman–Crippen MR) is 86.7 cm³/mol. The Bertz CT molecular complexity index is 519. The quantitative estimate of drug-likeness (QED) is 0.284. The smallest absolute Gasteiger partial charge is 0.322 e. The van der Waals surface area contributed by atoms with Gasteiger partial charge in [-0.15, -0.1) is 0 Å². The molecule has 0 aromatic heterocycles. The van der Waals surface area contributed by atoms with Crippen molar-refractivity contribution in [2.75, 3.05) is 51.6 Å². The van der Waals surface area contributed by atoms with E-state index in [1.165, 1.54) is 0 Å². The maximum Gasteiger partial charge on any atom is 0.322 e. The van der Waals surface area contributed by atoms with Crippen LogP contribution in [0.5, 0.6) is 0 Å². The fourth-order valence-corrected chi connectivity index (χ4v) is 2.77. The Balaban J connectivity index is 2.15. The molecule has 5 N–H and O–H groups in total. The molecule has 1 saturated heterocycles. The monoisotopic (exact) mass is 366 g/mol. The van der Waals surface area contributed by atoms with E-state index < -0.39 is 28.0 Å². The van der Waals surface area contributed by atoms with Gasteiger partial charge in [0.25, 0.3) is 10.1 Å². The number of hydrogen-bond donors (Lipinski definition) is 3. The van der Waals surface area contributed by atoms with Crippen LogP contribution in [0.4, 0.5) is 0 Å². The molecule has 11 heteroatoms. The number of primary amides is 1. The van der Waals surface area contributed by atoms with E-state index in [4.69, 9.17) is 20.8 Å². The minimum absolute atomic E-state index is 0.0434. The van der Waals surface area contributed by atoms with E-state index in [1.54, 1.807) is 0 Å². The number of rotatable bonds is 10. The second kappa shape index (κ2) is 9.89. The third-order valence-electron chi connectivity index (χ3n) is 3.79. The molecule has 1 atom stereocenters. The SMILES string of the molecule is NC(=O)CC[C@H](N)C(=O)OCCN1CCN(CCS(=O)(=O)O)CC1. The maximum atomic E-state index is 11.6. The van der Waals surface area contributed by atoms with Crippen LogP contribution in [-0.4, -0.2) is 92.3 Å². The van der Waals surface area contributed by atoms with Crippen LogP contribution < -0.4 is 11.5 Å². The van der Waals surface area contributed by atoms with E-state index in [2.05, 4.69) is 4.90 Å². The fourth-order valence-electron chi connectivity index (χ4n) is 2.28. The minimum atomic E-state index is -3.93. The zero-order valence-corrected chi connectivity index (χ0v) is 14.4. The van der Waals surface area contributed by atoms with Gasteiger partial charge in [0.1, 0.15) is 12.6 Å². The summed E-state index contributed by atoms with van der Waals surface area (Å²) in [6.07, 6.45) is 0.211. The van der Waals surface area contributed by atoms with Gasteiger partial charge >= 0.3 is 5.97 Å². The summed E-state index contributed by atoms with van der Waals surface area (Å²) in [5.74, 6) is -1.33. The molecule has 24 heavy (non-hydrogen) atoms. The average molecular weight is 366 g/mol. The average Bonchev–Trinajstić information content (AvgIpc) is 2.50. The Kier molecular flexibility index (Phi) is 8.56. The second-order valence-electron chi connectivity index (χ2n) is 5.75. The van der Waals surface area contributed by atoms with Gasteiger partial charge in [-0.1, -0.05) is 0 Å². The number of piperazine rings is 1. The van der Waals surface area contributed by atoms with Crippen LogP contribution in [-0.2, 0) is 24.4 Å². The molecule has 0 aromatic rings. The van der Waals surface area contributed by atoms with Gasteiger partial charge in [0.2, 0.25) is 5.91 Å². The molecule has 0 bridgehead atoms. The van der Waals surface area contributed by atoms with Gasteiger partial charge in [-0.3, -0.25) is 23.9 Å². The molecule has 140 valence electrons. The normalized spacial score (nSPS) is 18.2. The number of hydrogen-bond acceptors (Lipinski definition) is 8. The molecule has 0 radical (unpaired) electrons. The highest BCUT2D eigenvalue weighted by Crippen LogP contribution is 2.03. The first-order chi connectivity index (χ1) is 11.2. The molecule has 1 aliphatic rings. The summed E-state index contributed by atoms with van der Waals surface area (Å²) in [4.78, 5) is 26.3. The third kappa shape index (κ3) is 9.13. The van der Waals surface area contributed by atoms with Crippen LogP contribution in [0.2, 0.25) is 0 Å². The van der Waals surface area contributed by atoms with Gasteiger partial charge in [-0.05, 0) is 6.42 Å². The van der Waals surface area contributed by atoms with Crippen molar-refractivity contribution in [2.45, 2.75) is 18.9 Å². The number of amides is 1. The van der Waals surface area contributed by atoms with Crippen molar-refractivity contribution < 1.29 is 27.3 Å². The Hall–Kier alpha value is -1.27. The van der Waals surface area contributed by atoms with Crippen molar-refractivity contribution in [3.8, 4) is 0 Å². The van der Waals surface area contributed by atoms with Crippen LogP contribution >= 0.6 is 0 Å². The molecule has 0 unspecified atom stereocenters. The first-order valence-corrected chi connectivity index (χ1v) is 9.38. The number of nitrogens with zero attached hydrogens (tertiary/aromatic N) is 2. The molecule has 0 aromatic carbocycles. The lowest BCUT2D eigenvalue weighted by Crippen LogP contribution is -2.48. The summed E-state index contributed by atoms with van der Waals surface area (Å²) in [5, 5.41) is 0. The summed E-state index contributed by atoms with van der Waals surface area (Å²) < 4.78 is 35.2. The van der Waals surface area contributed by atoms with E-state index in [9.17, 15) is 18.0 Å². The zero-order chi connectivity index (χ0) is 18.2. The minimum Gasteiger partial charge on any atom is -0.463 e. The number of ether oxygens (including phenoxy) is 1. The van der Waals surface area contributed by atoms with Crippen molar-refractivity contribution in [1.82, 2.24) is 9.80 Å². The second-order valence-corrected chi connectivity index (χ2v) is 7.32. The van der Waals surface area contributed by atoms with Gasteiger partial charge in [0, 0.05) is 45.7 Å². The zero-order valence-electron chi connectivity index (χ0n) is 13.6. The summed E-state index contributed by atoms with van der Waals surface area (Å²) in [5.41, 5.74) is 10.6. The molecule has 1 fully saturated rings. The molecule has 1 rings (SSSR count). The van der Waals surface area contributed by atoms with E-state index in [1.807, 2.05) is 4.90 Å². The Morgan fingerprint density at radius 3 is 2.17 bits per heavy atom. The van der Waals surface area contributed by atoms with E-state index >= 15 is 0 Å². The largest absolute Gasteiger partial charge is 0.463 e. The van der Waals surface area contributed by atoms with Gasteiger partial charge in [-0.25, -0.2) is 0 Å². The maximum absolute atomic E-state index is 11.6. The first kappa shape index (κ1) is 20.8. The van der Waals surface area contributed by atoms with Gasteiger partial charge in [0.05, 0.1) is 5.75 Å². The number of esters is 1. The van der Waals surface area contributed by atoms with Crippen molar-refractivity contribution >= 4 is 22.0 Å². The summed E-state index contributed by atoms with van der Waals surface area (Å²) >= 11 is 0. The lowest BCUT2D eigenvalue weighted by Gasteiger charge is -2.34. The van der Waals surface area contributed by atoms with Gasteiger partial charge < -0.3 is 16.2 Å². The number of nitrogens with two attached hydrogens (primary N) is 2. The van der Waals surface area contributed by atoms with Crippen LogP contribution in [0.25, 0.3) is 0 Å². The first-order valence-electron chi connectivity index (χ1n) is 7.78. The van der Waals surface area contributed by atoms with Crippen LogP contribution in [0.15, 0.2) is 0 Å². The number of carbonyl (C=O) groups is 2. The Labute approximate surface area is 141 Å². The Morgan fingerprint density at radius 2 is 1.67 bits per heavy atom. The van der Waals surface area contributed by atoms with Crippen molar-refractivity contribution in [1.29, 1.82) is 0 Å². The third-order valence-corrected chi connectivity index (χ3v) is 4.49. The van der Waals surface area contributed by atoms with E-state index in [0.29, 0.717) is 26.2 Å². The van der Waals surface area contributed by atoms with E-state index in [-0.39, 0.29) is 25.2 Å². The molecule has 10 nitrogen and oxygen atoms in total. The van der Waals surface area contributed by atoms with Crippen molar-refractivity contribution in [2.24, 2.45) is 11.5 Å². The molecule has 0 aliphatic carbocycles. The highest BCUT2D eigenvalue weighted by atomic mass is 32.2. The molecular weight excluding hydrogens is 340 g/mol. The standard InChI is InChI=1S/C13H26N4O6S/c14-11(1-2-12(15)18)13(19)23-9-7-16-3-5-17(6-4-16)8-10-24(20,21)22/h11H,1-10,14H2,(H2,15,18)(H,20,21,22)/t11-/m0/s1. The lowest BCUT2D eigenvalue weighted by molar-refractivity contribution is -0.146. The molecule has 1 amide bonds. The fraction of sp³-hybridized carbons (Fsp3) is 0.846. The molecule has 0 spiro atoms. The summed E-state index contributed by atoms with van der Waals surface area (Å²) in [6, 6.07) is -0.852. The predicted octanol–water partition coefficient (Wildman–Crippen LogP) is -2.37. The topological polar surface area (TPSA) is 156 Å². The number of carbonyl (C=O) groups excluding carboxylic acids is 2. The van der Waals surface area contributed by atoms with Crippen LogP contribution in [0.3, 0.4) is 0 Å². The molecule has 1 heterocycles. The molecule has 0 saturated carbocycles. The van der Waals surface area contributed by atoms with Crippen molar-refractivity contribution in [3.63, 3.8) is 0 Å². The van der Waals surface area contributed by atoms with Crippen molar-refractivity contribution in [3.05, 3.63) is 0 Å². The summed E-state index contributed by atoms with van der Waals surface area (Å²) in [6.45, 7) is 3.86. The van der Waals surface area contributed by atoms with Crippen LogP contribution in [0, 0.1) is 0 Å². The Morgan fingerprint density at radius 1 is 1.12 bits per heavy atom. The van der Waals surface area contributed by atoms with Crippen LogP contribution in [0.1, 0.15) is 12.8 Å². The summed E-state index contributed by atoms with van der Waals surface area (Å²) in [7, 11) is -3.93. The van der Waals surface area contributed by atoms with E-state index in [0.717, 1.165) is 13.1 Å². The van der Waals surface area contributed by atoms with Gasteiger partial charge in [0.15, 0.2) is 0 Å². The lowest BCUT2D eigenvalue weighted by atomic mass is 10.1. The highest BCUT2D eigenvalue weighted by molar-refractivity contribution is 7.85.